The first-order chi connectivity index (χ1) is 15.5. The lowest BCUT2D eigenvalue weighted by molar-refractivity contribution is -0.118. The number of ether oxygens (including phenoxy) is 1. The smallest absolute Gasteiger partial charge is 0.409 e. The van der Waals surface area contributed by atoms with E-state index in [4.69, 9.17) is 4.74 Å². The summed E-state index contributed by atoms with van der Waals surface area (Å²) in [6.45, 7) is 4.04. The molecule has 0 radical (unpaired) electrons. The van der Waals surface area contributed by atoms with Gasteiger partial charge in [-0.15, -0.1) is 11.3 Å². The third-order valence-corrected chi connectivity index (χ3v) is 7.76. The van der Waals surface area contributed by atoms with Crippen molar-refractivity contribution in [3.05, 3.63) is 51.0 Å². The Morgan fingerprint density at radius 1 is 1.38 bits per heavy atom. The Kier molecular flexibility index (Phi) is 7.21. The lowest BCUT2D eigenvalue weighted by atomic mass is 9.87. The van der Waals surface area contributed by atoms with Crippen LogP contribution in [0.3, 0.4) is 0 Å². The number of amides is 1. The Balaban J connectivity index is 1.36. The largest absolute Gasteiger partial charge is 0.449 e. The summed E-state index contributed by atoms with van der Waals surface area (Å²) in [7, 11) is 0. The molecule has 1 fully saturated rings. The van der Waals surface area contributed by atoms with Crippen molar-refractivity contribution in [1.82, 2.24) is 9.88 Å². The summed E-state index contributed by atoms with van der Waals surface area (Å²) in [6.07, 6.45) is 8.69. The number of likely N-dealkylation sites (tertiary alicyclic amines) is 1. The fraction of sp³-hybridized carbons (Fsp3) is 0.520. The van der Waals surface area contributed by atoms with Crippen molar-refractivity contribution in [3.63, 3.8) is 0 Å². The van der Waals surface area contributed by atoms with Crippen LogP contribution in [0.25, 0.3) is 0 Å². The summed E-state index contributed by atoms with van der Waals surface area (Å²) in [5.74, 6) is 0.520. The molecule has 0 N–H and O–H groups in total. The number of aromatic nitrogens is 1. The highest BCUT2D eigenvalue weighted by Crippen LogP contribution is 2.37. The predicted octanol–water partition coefficient (Wildman–Crippen LogP) is 4.66. The minimum absolute atomic E-state index is 0.103. The minimum atomic E-state index is -0.203. The molecule has 1 aliphatic carbocycles. The number of hydrogen-bond acceptors (Lipinski definition) is 6. The number of Topliss-reactive ketones (excluding diaryl/α,β-unsaturated/α-hetero) is 1. The van der Waals surface area contributed by atoms with Gasteiger partial charge in [-0.25, -0.2) is 4.79 Å². The monoisotopic (exact) mass is 451 g/mol. The molecule has 32 heavy (non-hydrogen) atoms. The molecule has 7 heteroatoms. The van der Waals surface area contributed by atoms with Crippen LogP contribution in [-0.2, 0) is 28.8 Å². The Hall–Kier alpha value is -2.72. The first kappa shape index (κ1) is 22.5. The maximum atomic E-state index is 12.8. The summed E-state index contributed by atoms with van der Waals surface area (Å²) in [4.78, 5) is 32.9. The minimum Gasteiger partial charge on any atom is -0.449 e. The summed E-state index contributed by atoms with van der Waals surface area (Å²) < 4.78 is 5.56. The van der Waals surface area contributed by atoms with Crippen LogP contribution in [0.1, 0.15) is 65.0 Å². The number of carbonyl (C=O) groups is 2. The van der Waals surface area contributed by atoms with Crippen LogP contribution in [0.4, 0.5) is 4.79 Å². The molecular weight excluding hydrogens is 422 g/mol. The number of fused-ring (bicyclic) bond motifs is 1. The number of thiophene rings is 1. The van der Waals surface area contributed by atoms with Crippen molar-refractivity contribution in [2.75, 3.05) is 19.7 Å². The average molecular weight is 452 g/mol. The van der Waals surface area contributed by atoms with Crippen LogP contribution in [0, 0.1) is 17.2 Å². The number of hydrogen-bond donors (Lipinski definition) is 0. The average Bonchev–Trinajstić information content (AvgIpc) is 3.45. The molecule has 2 aliphatic rings. The van der Waals surface area contributed by atoms with Crippen LogP contribution in [0.15, 0.2) is 24.5 Å². The summed E-state index contributed by atoms with van der Waals surface area (Å²) in [6, 6.07) is 6.23. The summed E-state index contributed by atoms with van der Waals surface area (Å²) in [5, 5.41) is 9.76. The zero-order valence-electron chi connectivity index (χ0n) is 18.5. The van der Waals surface area contributed by atoms with E-state index in [-0.39, 0.29) is 23.7 Å². The maximum absolute atomic E-state index is 12.8. The molecule has 2 atom stereocenters. The van der Waals surface area contributed by atoms with E-state index in [0.717, 1.165) is 61.2 Å². The highest BCUT2D eigenvalue weighted by atomic mass is 32.1. The van der Waals surface area contributed by atoms with Gasteiger partial charge in [0.05, 0.1) is 12.2 Å². The predicted molar refractivity (Wildman–Crippen MR) is 123 cm³/mol. The molecule has 3 heterocycles. The maximum Gasteiger partial charge on any atom is 0.409 e. The molecular formula is C25H29N3O3S. The van der Waals surface area contributed by atoms with Crippen molar-refractivity contribution < 1.29 is 14.3 Å². The van der Waals surface area contributed by atoms with Crippen LogP contribution in [0.5, 0.6) is 0 Å². The third kappa shape index (κ3) is 5.18. The molecule has 2 aromatic heterocycles. The van der Waals surface area contributed by atoms with E-state index in [2.05, 4.69) is 11.1 Å². The Labute approximate surface area is 193 Å². The normalized spacial score (nSPS) is 18.6. The molecule has 1 aliphatic heterocycles. The molecule has 0 saturated carbocycles. The zero-order valence-corrected chi connectivity index (χ0v) is 19.3. The van der Waals surface area contributed by atoms with Crippen LogP contribution < -0.4 is 0 Å². The molecule has 0 bridgehead atoms. The van der Waals surface area contributed by atoms with Crippen molar-refractivity contribution in [1.29, 1.82) is 5.26 Å². The molecule has 2 unspecified atom stereocenters. The Morgan fingerprint density at radius 3 is 2.91 bits per heavy atom. The fourth-order valence-electron chi connectivity index (χ4n) is 4.67. The second-order valence-electron chi connectivity index (χ2n) is 8.90. The molecule has 2 aromatic rings. The lowest BCUT2D eigenvalue weighted by Gasteiger charge is -2.23. The van der Waals surface area contributed by atoms with Crippen molar-refractivity contribution >= 4 is 23.2 Å². The van der Waals surface area contributed by atoms with Gasteiger partial charge >= 0.3 is 6.09 Å². The number of carbonyl (C=O) groups excluding carboxylic acids is 2. The first-order valence-electron chi connectivity index (χ1n) is 11.4. The van der Waals surface area contributed by atoms with E-state index in [0.29, 0.717) is 25.0 Å². The van der Waals surface area contributed by atoms with Gasteiger partial charge in [0.15, 0.2) is 0 Å². The number of nitrogens with zero attached hydrogens (tertiary/aromatic N) is 3. The second kappa shape index (κ2) is 10.3. The van der Waals surface area contributed by atoms with Gasteiger partial charge in [0, 0.05) is 48.1 Å². The standard InChI is InChI=1S/C25H29N3O3S/c1-17(19-5-4-8-27-15-19)11-20(29)13-24-22(14-26)21-7-6-18(12-23(21)32-24)16-31-25(30)28-9-2-3-10-28/h4-5,8,15,17-18H,2-3,6-7,9-13,16H2,1H3. The molecule has 4 rings (SSSR count). The van der Waals surface area contributed by atoms with E-state index in [9.17, 15) is 14.9 Å². The van der Waals surface area contributed by atoms with Crippen LogP contribution >= 0.6 is 11.3 Å². The van der Waals surface area contributed by atoms with Gasteiger partial charge < -0.3 is 9.64 Å². The number of ketones is 1. The van der Waals surface area contributed by atoms with E-state index in [1.165, 1.54) is 4.88 Å². The van der Waals surface area contributed by atoms with E-state index >= 15 is 0 Å². The van der Waals surface area contributed by atoms with Crippen LogP contribution in [-0.4, -0.2) is 41.5 Å². The van der Waals surface area contributed by atoms with Crippen molar-refractivity contribution in [3.8, 4) is 6.07 Å². The lowest BCUT2D eigenvalue weighted by Crippen LogP contribution is -2.30. The molecule has 6 nitrogen and oxygen atoms in total. The number of rotatable bonds is 7. The van der Waals surface area contributed by atoms with Gasteiger partial charge in [0.2, 0.25) is 0 Å². The topological polar surface area (TPSA) is 83.3 Å². The quantitative estimate of drug-likeness (QED) is 0.611. The number of pyridine rings is 1. The van der Waals surface area contributed by atoms with Gasteiger partial charge in [0.1, 0.15) is 11.9 Å². The summed E-state index contributed by atoms with van der Waals surface area (Å²) >= 11 is 1.59. The van der Waals surface area contributed by atoms with E-state index < -0.39 is 0 Å². The van der Waals surface area contributed by atoms with Gasteiger partial charge in [-0.2, -0.15) is 5.26 Å². The third-order valence-electron chi connectivity index (χ3n) is 6.50. The van der Waals surface area contributed by atoms with Crippen molar-refractivity contribution in [2.45, 2.75) is 57.8 Å². The van der Waals surface area contributed by atoms with E-state index in [1.54, 1.807) is 28.6 Å². The molecule has 0 aromatic carbocycles. The fourth-order valence-corrected chi connectivity index (χ4v) is 6.11. The second-order valence-corrected chi connectivity index (χ2v) is 10.1. The van der Waals surface area contributed by atoms with Crippen molar-refractivity contribution in [2.24, 2.45) is 5.92 Å². The zero-order chi connectivity index (χ0) is 22.5. The molecule has 1 saturated heterocycles. The van der Waals surface area contributed by atoms with Gasteiger partial charge in [-0.1, -0.05) is 13.0 Å². The van der Waals surface area contributed by atoms with Gasteiger partial charge in [-0.05, 0) is 61.1 Å². The van der Waals surface area contributed by atoms with Crippen LogP contribution in [0.2, 0.25) is 0 Å². The highest BCUT2D eigenvalue weighted by molar-refractivity contribution is 7.12. The van der Waals surface area contributed by atoms with E-state index in [1.807, 2.05) is 19.1 Å². The molecule has 168 valence electrons. The highest BCUT2D eigenvalue weighted by Gasteiger charge is 2.28. The van der Waals surface area contributed by atoms with Gasteiger partial charge in [0.25, 0.3) is 0 Å². The Morgan fingerprint density at radius 2 is 2.19 bits per heavy atom. The first-order valence-corrected chi connectivity index (χ1v) is 12.2. The van der Waals surface area contributed by atoms with Gasteiger partial charge in [-0.3, -0.25) is 9.78 Å². The SMILES string of the molecule is CC(CC(=O)Cc1sc2c(c1C#N)CCC(COC(=O)N1CCCC1)C2)c1cccnc1. The number of nitriles is 1. The molecule has 0 spiro atoms. The summed E-state index contributed by atoms with van der Waals surface area (Å²) in [5.41, 5.74) is 2.85. The molecule has 1 amide bonds. The Bertz CT molecular complexity index is 1010.